The summed E-state index contributed by atoms with van der Waals surface area (Å²) < 4.78 is 5.32. The Morgan fingerprint density at radius 1 is 1.04 bits per heavy atom. The van der Waals surface area contributed by atoms with Crippen LogP contribution in [0.2, 0.25) is 0 Å². The van der Waals surface area contributed by atoms with E-state index in [0.717, 1.165) is 69.1 Å². The van der Waals surface area contributed by atoms with E-state index in [-0.39, 0.29) is 12.3 Å². The lowest BCUT2D eigenvalue weighted by Gasteiger charge is -2.04. The van der Waals surface area contributed by atoms with E-state index in [1.54, 1.807) is 0 Å². The number of nitrogens with zero attached hydrogens (tertiary/aromatic N) is 1. The second-order valence-corrected chi connectivity index (χ2v) is 6.16. The fourth-order valence-electron chi connectivity index (χ4n) is 2.96. The first-order valence-corrected chi connectivity index (χ1v) is 8.66. The van der Waals surface area contributed by atoms with Crippen LogP contribution >= 0.6 is 0 Å². The van der Waals surface area contributed by atoms with Crippen LogP contribution in [0.4, 0.5) is 0 Å². The molecule has 0 aromatic carbocycles. The van der Waals surface area contributed by atoms with Crippen molar-refractivity contribution in [2.75, 3.05) is 6.54 Å². The van der Waals surface area contributed by atoms with Gasteiger partial charge in [0, 0.05) is 24.9 Å². The number of nitrogens with one attached hydrogen (secondary N) is 1. The van der Waals surface area contributed by atoms with Crippen molar-refractivity contribution in [3.8, 4) is 0 Å². The Kier molecular flexibility index (Phi) is 7.10. The Morgan fingerprint density at radius 2 is 1.78 bits per heavy atom. The van der Waals surface area contributed by atoms with Gasteiger partial charge in [0.1, 0.15) is 5.76 Å². The van der Waals surface area contributed by atoms with Crippen LogP contribution in [0.1, 0.15) is 79.6 Å². The largest absolute Gasteiger partial charge is 0.481 e. The summed E-state index contributed by atoms with van der Waals surface area (Å²) in [6.45, 7) is 0.624. The highest BCUT2D eigenvalue weighted by atomic mass is 16.5. The predicted molar refractivity (Wildman–Crippen MR) is 85.4 cm³/mol. The average molecular weight is 322 g/mol. The number of unbranched alkanes of at least 4 members (excludes halogenated alkanes) is 4. The molecule has 6 nitrogen and oxygen atoms in total. The topological polar surface area (TPSA) is 92.4 Å². The number of carbonyl (C=O) groups is 2. The third-order valence-electron chi connectivity index (χ3n) is 4.27. The van der Waals surface area contributed by atoms with Gasteiger partial charge in [0.15, 0.2) is 5.69 Å². The number of aromatic nitrogens is 1. The predicted octanol–water partition coefficient (Wildman–Crippen LogP) is 3.10. The first-order valence-electron chi connectivity index (χ1n) is 8.66. The van der Waals surface area contributed by atoms with Crippen molar-refractivity contribution < 1.29 is 19.2 Å². The van der Waals surface area contributed by atoms with Crippen LogP contribution in [0.15, 0.2) is 4.52 Å². The number of hydrogen-bond acceptors (Lipinski definition) is 4. The summed E-state index contributed by atoms with van der Waals surface area (Å²) >= 11 is 0. The molecule has 0 unspecified atom stereocenters. The second-order valence-electron chi connectivity index (χ2n) is 6.16. The SMILES string of the molecule is O=C(O)CCCCCCCNC(=O)c1noc2c1CCCCC2. The summed E-state index contributed by atoms with van der Waals surface area (Å²) in [5.74, 6) is 0.0119. The number of hydrogen-bond donors (Lipinski definition) is 2. The minimum absolute atomic E-state index is 0.136. The van der Waals surface area contributed by atoms with Gasteiger partial charge in [0.25, 0.3) is 5.91 Å². The molecule has 0 saturated carbocycles. The second kappa shape index (κ2) is 9.33. The molecule has 1 aromatic heterocycles. The summed E-state index contributed by atoms with van der Waals surface area (Å²) in [4.78, 5) is 22.6. The van der Waals surface area contributed by atoms with Gasteiger partial charge in [0.05, 0.1) is 0 Å². The van der Waals surface area contributed by atoms with Gasteiger partial charge in [-0.3, -0.25) is 9.59 Å². The highest BCUT2D eigenvalue weighted by molar-refractivity contribution is 5.93. The van der Waals surface area contributed by atoms with Gasteiger partial charge in [-0.15, -0.1) is 0 Å². The number of carboxylic acids is 1. The van der Waals surface area contributed by atoms with Gasteiger partial charge in [0.2, 0.25) is 0 Å². The number of carboxylic acid groups (broad SMARTS) is 1. The number of aryl methyl sites for hydroxylation is 1. The van der Waals surface area contributed by atoms with Crippen molar-refractivity contribution in [1.82, 2.24) is 10.5 Å². The van der Waals surface area contributed by atoms with Crippen LogP contribution in [-0.2, 0) is 17.6 Å². The molecule has 0 spiro atoms. The number of fused-ring (bicyclic) bond motifs is 1. The highest BCUT2D eigenvalue weighted by Gasteiger charge is 2.22. The molecule has 2 rings (SSSR count). The van der Waals surface area contributed by atoms with E-state index in [4.69, 9.17) is 9.63 Å². The van der Waals surface area contributed by atoms with Gasteiger partial charge < -0.3 is 14.9 Å². The molecule has 1 aliphatic rings. The standard InChI is InChI=1S/C17H26N2O4/c20-15(21)11-7-2-1-3-8-12-18-17(22)16-13-9-5-4-6-10-14(13)23-19-16/h1-12H2,(H,18,22)(H,20,21). The van der Waals surface area contributed by atoms with E-state index >= 15 is 0 Å². The molecule has 128 valence electrons. The Hall–Kier alpha value is -1.85. The van der Waals surface area contributed by atoms with Gasteiger partial charge >= 0.3 is 5.97 Å². The normalized spacial score (nSPS) is 14.1. The third-order valence-corrected chi connectivity index (χ3v) is 4.27. The molecule has 1 amide bonds. The fraction of sp³-hybridized carbons (Fsp3) is 0.706. The summed E-state index contributed by atoms with van der Waals surface area (Å²) in [5, 5.41) is 15.4. The molecule has 0 atom stereocenters. The molecule has 0 bridgehead atoms. The van der Waals surface area contributed by atoms with E-state index < -0.39 is 5.97 Å². The molecule has 1 aromatic rings. The van der Waals surface area contributed by atoms with Crippen LogP contribution in [0.25, 0.3) is 0 Å². The molecule has 23 heavy (non-hydrogen) atoms. The van der Waals surface area contributed by atoms with Crippen LogP contribution in [-0.4, -0.2) is 28.7 Å². The molecule has 0 aliphatic heterocycles. The lowest BCUT2D eigenvalue weighted by Crippen LogP contribution is -2.25. The zero-order valence-corrected chi connectivity index (χ0v) is 13.6. The van der Waals surface area contributed by atoms with Gasteiger partial charge in [-0.25, -0.2) is 0 Å². The minimum atomic E-state index is -0.732. The van der Waals surface area contributed by atoms with E-state index in [9.17, 15) is 9.59 Å². The van der Waals surface area contributed by atoms with E-state index in [1.165, 1.54) is 6.42 Å². The Labute approximate surface area is 136 Å². The first kappa shape index (κ1) is 17.5. The Balaban J connectivity index is 1.64. The molecule has 0 fully saturated rings. The average Bonchev–Trinajstić information content (AvgIpc) is 2.78. The number of rotatable bonds is 9. The first-order chi connectivity index (χ1) is 11.2. The summed E-state index contributed by atoms with van der Waals surface area (Å²) in [7, 11) is 0. The maximum absolute atomic E-state index is 12.2. The monoisotopic (exact) mass is 322 g/mol. The summed E-state index contributed by atoms with van der Waals surface area (Å²) in [6.07, 6.45) is 9.93. The van der Waals surface area contributed by atoms with Crippen LogP contribution < -0.4 is 5.32 Å². The third kappa shape index (κ3) is 5.69. The Morgan fingerprint density at radius 3 is 2.61 bits per heavy atom. The Bertz CT molecular complexity index is 525. The lowest BCUT2D eigenvalue weighted by molar-refractivity contribution is -0.137. The van der Waals surface area contributed by atoms with Crippen molar-refractivity contribution in [3.05, 3.63) is 17.0 Å². The van der Waals surface area contributed by atoms with Crippen molar-refractivity contribution in [2.45, 2.75) is 70.6 Å². The molecular formula is C17H26N2O4. The van der Waals surface area contributed by atoms with E-state index in [0.29, 0.717) is 12.2 Å². The molecule has 0 saturated heterocycles. The van der Waals surface area contributed by atoms with E-state index in [2.05, 4.69) is 10.5 Å². The van der Waals surface area contributed by atoms with Crippen molar-refractivity contribution in [3.63, 3.8) is 0 Å². The quantitative estimate of drug-likeness (QED) is 0.538. The molecule has 1 heterocycles. The zero-order valence-electron chi connectivity index (χ0n) is 13.6. The number of amides is 1. The minimum Gasteiger partial charge on any atom is -0.481 e. The zero-order chi connectivity index (χ0) is 16.5. The highest BCUT2D eigenvalue weighted by Crippen LogP contribution is 2.23. The van der Waals surface area contributed by atoms with Crippen molar-refractivity contribution in [1.29, 1.82) is 0 Å². The molecular weight excluding hydrogens is 296 g/mol. The number of aliphatic carboxylic acids is 1. The van der Waals surface area contributed by atoms with Crippen molar-refractivity contribution in [2.24, 2.45) is 0 Å². The number of carbonyl (C=O) groups excluding carboxylic acids is 1. The van der Waals surface area contributed by atoms with Crippen molar-refractivity contribution >= 4 is 11.9 Å². The smallest absolute Gasteiger partial charge is 0.303 e. The lowest BCUT2D eigenvalue weighted by atomic mass is 10.1. The van der Waals surface area contributed by atoms with Crippen LogP contribution in [0, 0.1) is 0 Å². The van der Waals surface area contributed by atoms with E-state index in [1.807, 2.05) is 0 Å². The van der Waals surface area contributed by atoms with Gasteiger partial charge in [-0.05, 0) is 32.1 Å². The maximum Gasteiger partial charge on any atom is 0.303 e. The van der Waals surface area contributed by atoms with Gasteiger partial charge in [-0.2, -0.15) is 0 Å². The van der Waals surface area contributed by atoms with Crippen LogP contribution in [0.5, 0.6) is 0 Å². The molecule has 0 radical (unpaired) electrons. The maximum atomic E-state index is 12.2. The van der Waals surface area contributed by atoms with Gasteiger partial charge in [-0.1, -0.05) is 30.8 Å². The fourth-order valence-corrected chi connectivity index (χ4v) is 2.96. The summed E-state index contributed by atoms with van der Waals surface area (Å²) in [5.41, 5.74) is 1.46. The molecule has 1 aliphatic carbocycles. The van der Waals surface area contributed by atoms with Crippen LogP contribution in [0.3, 0.4) is 0 Å². The molecule has 6 heteroatoms. The summed E-state index contributed by atoms with van der Waals surface area (Å²) in [6, 6.07) is 0. The molecule has 2 N–H and O–H groups in total.